The second kappa shape index (κ2) is 7.55. The predicted octanol–water partition coefficient (Wildman–Crippen LogP) is 3.50. The van der Waals surface area contributed by atoms with Crippen LogP contribution in [-0.2, 0) is 14.3 Å². The molecule has 2 N–H and O–H groups in total. The molecule has 144 valence electrons. The molecule has 0 spiro atoms. The number of nitrogens with one attached hydrogen (secondary N) is 1. The first-order valence-corrected chi connectivity index (χ1v) is 9.33. The molecule has 1 amide bonds. The van der Waals surface area contributed by atoms with Crippen molar-refractivity contribution in [2.45, 2.75) is 33.6 Å². The zero-order chi connectivity index (χ0) is 19.7. The van der Waals surface area contributed by atoms with Crippen LogP contribution in [0.3, 0.4) is 0 Å². The molecule has 3 rings (SSSR count). The maximum atomic E-state index is 12.9. The lowest BCUT2D eigenvalue weighted by Gasteiger charge is -2.26. The minimum atomic E-state index is -0.904. The van der Waals surface area contributed by atoms with Crippen molar-refractivity contribution in [3.05, 3.63) is 41.0 Å². The molecule has 2 aliphatic carbocycles. The van der Waals surface area contributed by atoms with Crippen molar-refractivity contribution in [2.75, 3.05) is 11.9 Å². The van der Waals surface area contributed by atoms with Crippen LogP contribution in [-0.4, -0.2) is 29.6 Å². The quantitative estimate of drug-likeness (QED) is 0.610. The normalized spacial score (nSPS) is 26.0. The van der Waals surface area contributed by atoms with E-state index in [2.05, 4.69) is 5.32 Å². The summed E-state index contributed by atoms with van der Waals surface area (Å²) in [5, 5.41) is 12.5. The molecule has 0 radical (unpaired) electrons. The number of carboxylic acids is 1. The predicted molar refractivity (Wildman–Crippen MR) is 100 cm³/mol. The molecule has 1 aromatic carbocycles. The molecule has 2 aliphatic rings. The van der Waals surface area contributed by atoms with Crippen LogP contribution < -0.4 is 5.32 Å². The summed E-state index contributed by atoms with van der Waals surface area (Å²) in [6.45, 7) is 6.02. The third-order valence-electron chi connectivity index (χ3n) is 5.67. The Morgan fingerprint density at radius 2 is 1.67 bits per heavy atom. The molecule has 6 heteroatoms. The Bertz CT molecular complexity index is 791. The highest BCUT2D eigenvalue weighted by molar-refractivity contribution is 5.97. The van der Waals surface area contributed by atoms with Crippen molar-refractivity contribution in [1.82, 2.24) is 0 Å². The number of esters is 1. The van der Waals surface area contributed by atoms with Gasteiger partial charge < -0.3 is 15.2 Å². The lowest BCUT2D eigenvalue weighted by atomic mass is 9.78. The number of carbonyl (C=O) groups is 3. The standard InChI is InChI=1S/C21H25NO5/c1-4-27-21(26)12-5-7-13(8-6-12)22-19(23)17-14-9-10-15(16(14)11(2)3)18(17)20(24)25/h5-8,14-15,17-18H,4,9-10H2,1-3H3,(H,22,23)(H,24,25)/t14-,15-,17+,18+/m0/s1. The molecular formula is C21H25NO5. The Hall–Kier alpha value is -2.63. The highest BCUT2D eigenvalue weighted by Crippen LogP contribution is 2.57. The maximum absolute atomic E-state index is 12.9. The molecule has 0 aliphatic heterocycles. The lowest BCUT2D eigenvalue weighted by molar-refractivity contribution is -0.148. The SMILES string of the molecule is CCOC(=O)c1ccc(NC(=O)[C@H]2[C@H](C(=O)O)[C@H]3CC[C@H]2C3=C(C)C)cc1. The second-order valence-corrected chi connectivity index (χ2v) is 7.42. The van der Waals surface area contributed by atoms with E-state index < -0.39 is 23.8 Å². The van der Waals surface area contributed by atoms with Crippen LogP contribution in [0.4, 0.5) is 5.69 Å². The average molecular weight is 371 g/mol. The van der Waals surface area contributed by atoms with E-state index in [1.165, 1.54) is 0 Å². The number of carbonyl (C=O) groups excluding carboxylic acids is 2. The summed E-state index contributed by atoms with van der Waals surface area (Å²) in [4.78, 5) is 36.5. The summed E-state index contributed by atoms with van der Waals surface area (Å²) in [5.41, 5.74) is 3.23. The van der Waals surface area contributed by atoms with Crippen molar-refractivity contribution in [3.8, 4) is 0 Å². The van der Waals surface area contributed by atoms with Gasteiger partial charge in [0.1, 0.15) is 0 Å². The molecule has 1 aromatic rings. The molecule has 2 saturated carbocycles. The van der Waals surface area contributed by atoms with Gasteiger partial charge in [0.2, 0.25) is 5.91 Å². The van der Waals surface area contributed by atoms with Crippen molar-refractivity contribution in [3.63, 3.8) is 0 Å². The number of anilines is 1. The molecule has 0 saturated heterocycles. The topological polar surface area (TPSA) is 92.7 Å². The van der Waals surface area contributed by atoms with E-state index in [0.29, 0.717) is 17.9 Å². The zero-order valence-corrected chi connectivity index (χ0v) is 15.8. The molecule has 0 aromatic heterocycles. The van der Waals surface area contributed by atoms with Gasteiger partial charge in [0.25, 0.3) is 0 Å². The summed E-state index contributed by atoms with van der Waals surface area (Å²) in [6.07, 6.45) is 1.69. The Labute approximate surface area is 158 Å². The van der Waals surface area contributed by atoms with Crippen molar-refractivity contribution in [1.29, 1.82) is 0 Å². The van der Waals surface area contributed by atoms with E-state index in [4.69, 9.17) is 4.74 Å². The number of rotatable bonds is 5. The van der Waals surface area contributed by atoms with Gasteiger partial charge in [-0.2, -0.15) is 0 Å². The summed E-state index contributed by atoms with van der Waals surface area (Å²) in [7, 11) is 0. The number of allylic oxidation sites excluding steroid dienone is 2. The van der Waals surface area contributed by atoms with Crippen molar-refractivity contribution in [2.24, 2.45) is 23.7 Å². The first kappa shape index (κ1) is 19.1. The Balaban J connectivity index is 1.78. The van der Waals surface area contributed by atoms with Crippen LogP contribution in [0.5, 0.6) is 0 Å². The van der Waals surface area contributed by atoms with Crippen LogP contribution in [0.25, 0.3) is 0 Å². The van der Waals surface area contributed by atoms with E-state index in [-0.39, 0.29) is 17.7 Å². The fourth-order valence-corrected chi connectivity index (χ4v) is 4.73. The van der Waals surface area contributed by atoms with E-state index in [9.17, 15) is 19.5 Å². The van der Waals surface area contributed by atoms with Crippen LogP contribution in [0.1, 0.15) is 44.0 Å². The molecule has 2 fully saturated rings. The van der Waals surface area contributed by atoms with E-state index in [1.807, 2.05) is 13.8 Å². The molecule has 6 nitrogen and oxygen atoms in total. The number of benzene rings is 1. The van der Waals surface area contributed by atoms with Crippen LogP contribution >= 0.6 is 0 Å². The Morgan fingerprint density at radius 3 is 2.19 bits per heavy atom. The fraction of sp³-hybridized carbons (Fsp3) is 0.476. The van der Waals surface area contributed by atoms with Gasteiger partial charge in [-0.3, -0.25) is 9.59 Å². The third kappa shape index (κ3) is 3.48. The number of aliphatic carboxylic acids is 1. The number of hydrogen-bond acceptors (Lipinski definition) is 4. The maximum Gasteiger partial charge on any atom is 0.338 e. The highest BCUT2D eigenvalue weighted by atomic mass is 16.5. The minimum Gasteiger partial charge on any atom is -0.481 e. The molecule has 2 bridgehead atoms. The summed E-state index contributed by atoms with van der Waals surface area (Å²) in [6, 6.07) is 6.44. The van der Waals surface area contributed by atoms with Gasteiger partial charge in [0, 0.05) is 5.69 Å². The van der Waals surface area contributed by atoms with Gasteiger partial charge in [-0.1, -0.05) is 11.1 Å². The van der Waals surface area contributed by atoms with Crippen LogP contribution in [0.15, 0.2) is 35.4 Å². The van der Waals surface area contributed by atoms with Crippen molar-refractivity contribution < 1.29 is 24.2 Å². The highest BCUT2D eigenvalue weighted by Gasteiger charge is 2.57. The first-order chi connectivity index (χ1) is 12.8. The Morgan fingerprint density at radius 1 is 1.07 bits per heavy atom. The molecule has 0 unspecified atom stereocenters. The van der Waals surface area contributed by atoms with Gasteiger partial charge in [0.05, 0.1) is 24.0 Å². The van der Waals surface area contributed by atoms with Gasteiger partial charge in [-0.25, -0.2) is 4.79 Å². The fourth-order valence-electron chi connectivity index (χ4n) is 4.73. The van der Waals surface area contributed by atoms with Crippen LogP contribution in [0.2, 0.25) is 0 Å². The minimum absolute atomic E-state index is 0.0000878. The lowest BCUT2D eigenvalue weighted by Crippen LogP contribution is -2.37. The monoisotopic (exact) mass is 371 g/mol. The smallest absolute Gasteiger partial charge is 0.338 e. The van der Waals surface area contributed by atoms with Gasteiger partial charge in [-0.05, 0) is 69.7 Å². The van der Waals surface area contributed by atoms with Crippen molar-refractivity contribution >= 4 is 23.5 Å². The largest absolute Gasteiger partial charge is 0.481 e. The molecule has 0 heterocycles. The van der Waals surface area contributed by atoms with Gasteiger partial charge >= 0.3 is 11.9 Å². The van der Waals surface area contributed by atoms with E-state index in [0.717, 1.165) is 24.0 Å². The van der Waals surface area contributed by atoms with E-state index in [1.54, 1.807) is 31.2 Å². The second-order valence-electron chi connectivity index (χ2n) is 7.42. The Kier molecular flexibility index (Phi) is 5.35. The molecule has 27 heavy (non-hydrogen) atoms. The first-order valence-electron chi connectivity index (χ1n) is 9.33. The number of carboxylic acid groups (broad SMARTS) is 1. The molecular weight excluding hydrogens is 346 g/mol. The zero-order valence-electron chi connectivity index (χ0n) is 15.8. The summed E-state index contributed by atoms with van der Waals surface area (Å²) in [5.74, 6) is -2.86. The van der Waals surface area contributed by atoms with Crippen LogP contribution in [0, 0.1) is 23.7 Å². The van der Waals surface area contributed by atoms with Gasteiger partial charge in [0.15, 0.2) is 0 Å². The summed E-state index contributed by atoms with van der Waals surface area (Å²) >= 11 is 0. The number of ether oxygens (including phenoxy) is 1. The third-order valence-corrected chi connectivity index (χ3v) is 5.67. The number of hydrogen-bond donors (Lipinski definition) is 2. The van der Waals surface area contributed by atoms with Gasteiger partial charge in [-0.15, -0.1) is 0 Å². The van der Waals surface area contributed by atoms with E-state index >= 15 is 0 Å². The molecule has 4 atom stereocenters. The number of amides is 1. The average Bonchev–Trinajstić information content (AvgIpc) is 3.18. The summed E-state index contributed by atoms with van der Waals surface area (Å²) < 4.78 is 4.94. The number of fused-ring (bicyclic) bond motifs is 2.